The van der Waals surface area contributed by atoms with E-state index in [0.29, 0.717) is 38.4 Å². The summed E-state index contributed by atoms with van der Waals surface area (Å²) in [5.41, 5.74) is 3.40. The van der Waals surface area contributed by atoms with E-state index in [9.17, 15) is 15.2 Å². The summed E-state index contributed by atoms with van der Waals surface area (Å²) < 4.78 is 5.52. The van der Waals surface area contributed by atoms with Crippen molar-refractivity contribution in [3.63, 3.8) is 0 Å². The van der Waals surface area contributed by atoms with E-state index in [0.717, 1.165) is 16.7 Å². The van der Waals surface area contributed by atoms with E-state index in [2.05, 4.69) is 16.7 Å². The number of carbonyl (C=O) groups is 1. The van der Waals surface area contributed by atoms with Crippen LogP contribution in [0.15, 0.2) is 65.9 Å². The lowest BCUT2D eigenvalue weighted by atomic mass is 9.68. The summed E-state index contributed by atoms with van der Waals surface area (Å²) >= 11 is 12.7. The first-order valence-electron chi connectivity index (χ1n) is 11.7. The Hall–Kier alpha value is -3.99. The van der Waals surface area contributed by atoms with Crippen LogP contribution < -0.4 is 15.4 Å². The summed E-state index contributed by atoms with van der Waals surface area (Å²) in [7, 11) is 1.51. The highest BCUT2D eigenvalue weighted by atomic mass is 35.5. The molecule has 1 aliphatic rings. The number of nitriles is 1. The molecule has 1 atom stereocenters. The van der Waals surface area contributed by atoms with Crippen LogP contribution in [0.1, 0.15) is 42.1 Å². The van der Waals surface area contributed by atoms with Crippen LogP contribution in [0, 0.1) is 23.7 Å². The molecule has 0 aliphatic heterocycles. The maximum absolute atomic E-state index is 12.3. The minimum Gasteiger partial charge on any atom is -0.495 e. The second kappa shape index (κ2) is 10.4. The van der Waals surface area contributed by atoms with E-state index >= 15 is 0 Å². The molecule has 1 aliphatic carbocycles. The van der Waals surface area contributed by atoms with Crippen molar-refractivity contribution in [3.05, 3.63) is 98.2 Å². The molecule has 0 radical (unpaired) electrons. The summed E-state index contributed by atoms with van der Waals surface area (Å²) in [4.78, 5) is 12.3. The first-order valence-corrected chi connectivity index (χ1v) is 12.5. The van der Waals surface area contributed by atoms with Gasteiger partial charge in [0.1, 0.15) is 11.5 Å². The number of fused-ring (bicyclic) bond motifs is 1. The molecule has 7 nitrogen and oxygen atoms in total. The van der Waals surface area contributed by atoms with E-state index in [1.807, 2.05) is 39.0 Å². The highest BCUT2D eigenvalue weighted by Crippen LogP contribution is 2.49. The van der Waals surface area contributed by atoms with Crippen LogP contribution in [0.2, 0.25) is 10.0 Å². The molecule has 0 saturated carbocycles. The summed E-state index contributed by atoms with van der Waals surface area (Å²) in [6.45, 7) is 5.78. The fourth-order valence-corrected chi connectivity index (χ4v) is 5.11. The quantitative estimate of drug-likeness (QED) is 0.234. The standard InChI is InChI=1S/C29H26Cl2N4O3/c1-15-5-7-18(31)13-21(15)34-26-19-9-8-17(30)12-20(19)29(2,3)27(24(26)25(33)28(36)37)35-22-11-16(14-32)6-10-23(22)38-4/h5-13,26,33-35H,1-4H3,(H,36,37). The van der Waals surface area contributed by atoms with Crippen molar-refractivity contribution in [2.24, 2.45) is 0 Å². The number of allylic oxidation sites excluding steroid dienone is 1. The van der Waals surface area contributed by atoms with Crippen molar-refractivity contribution >= 4 is 46.3 Å². The average molecular weight is 549 g/mol. The summed E-state index contributed by atoms with van der Waals surface area (Å²) in [6, 6.07) is 17.1. The van der Waals surface area contributed by atoms with Gasteiger partial charge in [-0.15, -0.1) is 0 Å². The van der Waals surface area contributed by atoms with Gasteiger partial charge in [0.05, 0.1) is 30.5 Å². The third kappa shape index (κ3) is 4.93. The number of rotatable bonds is 7. The lowest BCUT2D eigenvalue weighted by Crippen LogP contribution is -2.39. The normalized spacial score (nSPS) is 15.8. The maximum Gasteiger partial charge on any atom is 0.354 e. The molecule has 0 bridgehead atoms. The van der Waals surface area contributed by atoms with Gasteiger partial charge in [-0.1, -0.05) is 49.2 Å². The van der Waals surface area contributed by atoms with Crippen molar-refractivity contribution in [2.45, 2.75) is 32.2 Å². The molecule has 4 N–H and O–H groups in total. The smallest absolute Gasteiger partial charge is 0.354 e. The molecule has 0 spiro atoms. The van der Waals surface area contributed by atoms with Crippen molar-refractivity contribution in [1.29, 1.82) is 10.7 Å². The molecule has 0 fully saturated rings. The third-order valence-electron chi connectivity index (χ3n) is 6.75. The molecule has 0 heterocycles. The van der Waals surface area contributed by atoms with Crippen LogP contribution in [-0.4, -0.2) is 23.9 Å². The number of carboxylic acid groups (broad SMARTS) is 1. The number of ether oxygens (including phenoxy) is 1. The van der Waals surface area contributed by atoms with Gasteiger partial charge >= 0.3 is 5.97 Å². The fourth-order valence-electron chi connectivity index (χ4n) is 4.77. The van der Waals surface area contributed by atoms with Gasteiger partial charge in [0.15, 0.2) is 0 Å². The van der Waals surface area contributed by atoms with Crippen molar-refractivity contribution in [3.8, 4) is 11.8 Å². The van der Waals surface area contributed by atoms with E-state index in [-0.39, 0.29) is 5.57 Å². The molecule has 9 heteroatoms. The average Bonchev–Trinajstić information content (AvgIpc) is 2.88. The van der Waals surface area contributed by atoms with Crippen LogP contribution in [0.3, 0.4) is 0 Å². The van der Waals surface area contributed by atoms with Gasteiger partial charge in [-0.3, -0.25) is 5.41 Å². The SMILES string of the molecule is COc1ccc(C#N)cc1NC1=C(C(=N)C(=O)O)C(Nc2cc(Cl)ccc2C)c2ccc(Cl)cc2C1(C)C. The number of hydrogen-bond donors (Lipinski definition) is 4. The zero-order valence-corrected chi connectivity index (χ0v) is 22.8. The monoisotopic (exact) mass is 548 g/mol. The second-order valence-electron chi connectivity index (χ2n) is 9.51. The van der Waals surface area contributed by atoms with Gasteiger partial charge in [-0.2, -0.15) is 5.26 Å². The van der Waals surface area contributed by atoms with E-state index in [1.165, 1.54) is 7.11 Å². The fraction of sp³-hybridized carbons (Fsp3) is 0.207. The van der Waals surface area contributed by atoms with E-state index in [4.69, 9.17) is 33.3 Å². The Morgan fingerprint density at radius 2 is 1.76 bits per heavy atom. The molecule has 4 rings (SSSR count). The van der Waals surface area contributed by atoms with Gasteiger partial charge in [0.25, 0.3) is 0 Å². The number of methoxy groups -OCH3 is 1. The molecule has 3 aromatic carbocycles. The summed E-state index contributed by atoms with van der Waals surface area (Å²) in [6.07, 6.45) is 0. The first-order chi connectivity index (χ1) is 18.0. The predicted octanol–water partition coefficient (Wildman–Crippen LogP) is 7.10. The van der Waals surface area contributed by atoms with Gasteiger partial charge < -0.3 is 20.5 Å². The molecule has 1 unspecified atom stereocenters. The predicted molar refractivity (Wildman–Crippen MR) is 151 cm³/mol. The van der Waals surface area contributed by atoms with E-state index in [1.54, 1.807) is 36.4 Å². The minimum atomic E-state index is -1.38. The molecule has 3 aromatic rings. The number of nitrogens with one attached hydrogen (secondary N) is 3. The number of benzene rings is 3. The highest BCUT2D eigenvalue weighted by Gasteiger charge is 2.43. The Labute approximate surface area is 231 Å². The molecular weight excluding hydrogens is 523 g/mol. The number of aliphatic carboxylic acids is 1. The van der Waals surface area contributed by atoms with Crippen LogP contribution in [0.4, 0.5) is 11.4 Å². The molecule has 0 amide bonds. The Morgan fingerprint density at radius 1 is 1.08 bits per heavy atom. The zero-order valence-electron chi connectivity index (χ0n) is 21.2. The Bertz CT molecular complexity index is 1540. The molecular formula is C29H26Cl2N4O3. The topological polar surface area (TPSA) is 118 Å². The van der Waals surface area contributed by atoms with Gasteiger partial charge in [0, 0.05) is 32.4 Å². The lowest BCUT2D eigenvalue weighted by molar-refractivity contribution is -0.129. The Balaban J connectivity index is 2.03. The Morgan fingerprint density at radius 3 is 2.42 bits per heavy atom. The number of nitrogens with zero attached hydrogens (tertiary/aromatic N) is 1. The Kier molecular flexibility index (Phi) is 7.41. The summed E-state index contributed by atoms with van der Waals surface area (Å²) in [5.74, 6) is -0.916. The molecule has 0 aromatic heterocycles. The number of hydrogen-bond acceptors (Lipinski definition) is 6. The van der Waals surface area contributed by atoms with Gasteiger partial charge in [0.2, 0.25) is 0 Å². The van der Waals surface area contributed by atoms with Crippen molar-refractivity contribution in [2.75, 3.05) is 17.7 Å². The second-order valence-corrected chi connectivity index (χ2v) is 10.4. The van der Waals surface area contributed by atoms with Crippen LogP contribution in [0.5, 0.6) is 5.75 Å². The van der Waals surface area contributed by atoms with Crippen molar-refractivity contribution in [1.82, 2.24) is 0 Å². The zero-order chi connectivity index (χ0) is 27.8. The summed E-state index contributed by atoms with van der Waals surface area (Å²) in [5, 5.41) is 36.0. The maximum atomic E-state index is 12.3. The molecule has 38 heavy (non-hydrogen) atoms. The molecule has 0 saturated heterocycles. The number of aryl methyl sites for hydroxylation is 1. The van der Waals surface area contributed by atoms with Crippen molar-refractivity contribution < 1.29 is 14.6 Å². The van der Waals surface area contributed by atoms with Gasteiger partial charge in [-0.05, 0) is 66.1 Å². The largest absolute Gasteiger partial charge is 0.495 e. The van der Waals surface area contributed by atoms with Crippen LogP contribution >= 0.6 is 23.2 Å². The van der Waals surface area contributed by atoms with E-state index < -0.39 is 23.1 Å². The van der Waals surface area contributed by atoms with Gasteiger partial charge in [-0.25, -0.2) is 4.79 Å². The highest BCUT2D eigenvalue weighted by molar-refractivity contribution is 6.42. The number of halogens is 2. The van der Waals surface area contributed by atoms with Crippen LogP contribution in [0.25, 0.3) is 0 Å². The lowest BCUT2D eigenvalue weighted by Gasteiger charge is -2.42. The minimum absolute atomic E-state index is 0.237. The third-order valence-corrected chi connectivity index (χ3v) is 7.22. The van der Waals surface area contributed by atoms with Crippen LogP contribution in [-0.2, 0) is 10.2 Å². The number of carboxylic acids is 1. The molecule has 194 valence electrons. The first kappa shape index (κ1) is 27.1. The number of anilines is 2.